The van der Waals surface area contributed by atoms with Crippen LogP contribution < -0.4 is 0 Å². The smallest absolute Gasteiger partial charge is 0.359 e. The molecule has 4 rings (SSSR count). The van der Waals surface area contributed by atoms with Gasteiger partial charge in [0, 0.05) is 11.6 Å². The number of ether oxygens (including phenoxy) is 2. The van der Waals surface area contributed by atoms with Crippen LogP contribution in [0.1, 0.15) is 18.1 Å². The molecule has 1 aliphatic heterocycles. The van der Waals surface area contributed by atoms with Gasteiger partial charge in [0.2, 0.25) is 0 Å². The Hall–Kier alpha value is -3.66. The van der Waals surface area contributed by atoms with E-state index in [-0.39, 0.29) is 6.61 Å². The maximum absolute atomic E-state index is 13.0. The van der Waals surface area contributed by atoms with Gasteiger partial charge in [0.1, 0.15) is 0 Å². The fourth-order valence-corrected chi connectivity index (χ4v) is 3.48. The standard InChI is InChI=1S/C25H20O4/c1-2-28-24(27)25(15-14-18-8-4-3-5-9-18)22(17-23(26)29-25)21-13-12-19-10-6-7-11-20(19)16-21/h3-17H,2H2,1H3/b15-14+. The van der Waals surface area contributed by atoms with Gasteiger partial charge in [-0.1, -0.05) is 72.8 Å². The Morgan fingerprint density at radius 1 is 1.00 bits per heavy atom. The van der Waals surface area contributed by atoms with Crippen molar-refractivity contribution in [3.05, 3.63) is 96.1 Å². The van der Waals surface area contributed by atoms with E-state index in [1.807, 2.05) is 72.8 Å². The van der Waals surface area contributed by atoms with Crippen LogP contribution in [0.2, 0.25) is 0 Å². The zero-order chi connectivity index (χ0) is 20.3. The summed E-state index contributed by atoms with van der Waals surface area (Å²) in [6, 6.07) is 23.2. The van der Waals surface area contributed by atoms with Crippen molar-refractivity contribution in [3.63, 3.8) is 0 Å². The van der Waals surface area contributed by atoms with E-state index < -0.39 is 17.5 Å². The van der Waals surface area contributed by atoms with Gasteiger partial charge in [-0.2, -0.15) is 0 Å². The van der Waals surface area contributed by atoms with Crippen LogP contribution in [0.3, 0.4) is 0 Å². The highest BCUT2D eigenvalue weighted by Crippen LogP contribution is 2.39. The van der Waals surface area contributed by atoms with Gasteiger partial charge >= 0.3 is 11.9 Å². The number of carbonyl (C=O) groups is 2. The second-order valence-corrected chi connectivity index (χ2v) is 6.74. The number of fused-ring (bicyclic) bond motifs is 1. The Kier molecular flexibility index (Phi) is 5.00. The molecule has 0 N–H and O–H groups in total. The number of hydrogen-bond donors (Lipinski definition) is 0. The van der Waals surface area contributed by atoms with Crippen LogP contribution in [0.15, 0.2) is 84.9 Å². The number of carbonyl (C=O) groups excluding carboxylic acids is 2. The molecule has 0 saturated carbocycles. The van der Waals surface area contributed by atoms with Crippen LogP contribution in [0.4, 0.5) is 0 Å². The van der Waals surface area contributed by atoms with E-state index in [1.54, 1.807) is 19.1 Å². The minimum Gasteiger partial charge on any atom is -0.463 e. The molecule has 4 nitrogen and oxygen atoms in total. The summed E-state index contributed by atoms with van der Waals surface area (Å²) < 4.78 is 10.9. The molecule has 3 aromatic rings. The summed E-state index contributed by atoms with van der Waals surface area (Å²) in [5, 5.41) is 2.08. The van der Waals surface area contributed by atoms with Crippen LogP contribution in [-0.4, -0.2) is 24.1 Å². The van der Waals surface area contributed by atoms with Gasteiger partial charge in [0.15, 0.2) is 0 Å². The minimum atomic E-state index is -1.62. The Balaban J connectivity index is 1.83. The van der Waals surface area contributed by atoms with E-state index in [2.05, 4.69) is 0 Å². The molecular weight excluding hydrogens is 364 g/mol. The molecule has 0 saturated heterocycles. The van der Waals surface area contributed by atoms with Crippen molar-refractivity contribution >= 4 is 34.4 Å². The van der Waals surface area contributed by atoms with Gasteiger partial charge in [-0.15, -0.1) is 0 Å². The van der Waals surface area contributed by atoms with E-state index in [0.29, 0.717) is 5.57 Å². The summed E-state index contributed by atoms with van der Waals surface area (Å²) in [4.78, 5) is 25.3. The summed E-state index contributed by atoms with van der Waals surface area (Å²) in [5.41, 5.74) is 0.474. The molecule has 3 aromatic carbocycles. The van der Waals surface area contributed by atoms with E-state index in [1.165, 1.54) is 6.08 Å². The predicted octanol–water partition coefficient (Wildman–Crippen LogP) is 4.80. The molecule has 0 amide bonds. The Bertz CT molecular complexity index is 1130. The number of cyclic esters (lactones) is 1. The highest BCUT2D eigenvalue weighted by atomic mass is 16.6. The van der Waals surface area contributed by atoms with Crippen molar-refractivity contribution in [3.8, 4) is 0 Å². The molecule has 0 aromatic heterocycles. The van der Waals surface area contributed by atoms with Gasteiger partial charge in [-0.05, 0) is 41.0 Å². The minimum absolute atomic E-state index is 0.183. The lowest BCUT2D eigenvalue weighted by molar-refractivity contribution is -0.165. The van der Waals surface area contributed by atoms with Crippen molar-refractivity contribution < 1.29 is 19.1 Å². The van der Waals surface area contributed by atoms with Crippen molar-refractivity contribution in [2.75, 3.05) is 6.61 Å². The van der Waals surface area contributed by atoms with Crippen molar-refractivity contribution in [1.82, 2.24) is 0 Å². The molecular formula is C25H20O4. The van der Waals surface area contributed by atoms with E-state index in [0.717, 1.165) is 21.9 Å². The average Bonchev–Trinajstić information content (AvgIpc) is 3.10. The first-order chi connectivity index (χ1) is 14.1. The molecule has 0 bridgehead atoms. The number of benzene rings is 3. The van der Waals surface area contributed by atoms with Crippen LogP contribution in [0, 0.1) is 0 Å². The van der Waals surface area contributed by atoms with Crippen LogP contribution in [0.25, 0.3) is 22.4 Å². The third-order valence-electron chi connectivity index (χ3n) is 4.87. The molecule has 1 aliphatic rings. The zero-order valence-corrected chi connectivity index (χ0v) is 16.0. The van der Waals surface area contributed by atoms with Crippen molar-refractivity contribution in [2.45, 2.75) is 12.5 Å². The third kappa shape index (κ3) is 3.57. The lowest BCUT2D eigenvalue weighted by Gasteiger charge is -2.26. The molecule has 0 radical (unpaired) electrons. The predicted molar refractivity (Wildman–Crippen MR) is 113 cm³/mol. The summed E-state index contributed by atoms with van der Waals surface area (Å²) in [5.74, 6) is -1.18. The summed E-state index contributed by atoms with van der Waals surface area (Å²) in [7, 11) is 0. The number of rotatable bonds is 5. The normalized spacial score (nSPS) is 18.7. The topological polar surface area (TPSA) is 52.6 Å². The monoisotopic (exact) mass is 384 g/mol. The lowest BCUT2D eigenvalue weighted by Crippen LogP contribution is -2.40. The fraction of sp³-hybridized carbons (Fsp3) is 0.120. The first-order valence-corrected chi connectivity index (χ1v) is 9.48. The molecule has 0 fully saturated rings. The molecule has 1 unspecified atom stereocenters. The van der Waals surface area contributed by atoms with Gasteiger partial charge in [0.25, 0.3) is 5.60 Å². The molecule has 0 aliphatic carbocycles. The molecule has 1 heterocycles. The van der Waals surface area contributed by atoms with Gasteiger partial charge in [-0.3, -0.25) is 0 Å². The number of hydrogen-bond acceptors (Lipinski definition) is 4. The third-order valence-corrected chi connectivity index (χ3v) is 4.87. The van der Waals surface area contributed by atoms with E-state index >= 15 is 0 Å². The second-order valence-electron chi connectivity index (χ2n) is 6.74. The van der Waals surface area contributed by atoms with E-state index in [4.69, 9.17) is 9.47 Å². The second kappa shape index (κ2) is 7.76. The van der Waals surface area contributed by atoms with Crippen LogP contribution in [-0.2, 0) is 19.1 Å². The molecule has 4 heteroatoms. The highest BCUT2D eigenvalue weighted by molar-refractivity contribution is 6.11. The first-order valence-electron chi connectivity index (χ1n) is 9.48. The summed E-state index contributed by atoms with van der Waals surface area (Å²) >= 11 is 0. The number of esters is 2. The molecule has 29 heavy (non-hydrogen) atoms. The van der Waals surface area contributed by atoms with Gasteiger partial charge in [0.05, 0.1) is 6.61 Å². The Morgan fingerprint density at radius 3 is 2.48 bits per heavy atom. The summed E-state index contributed by atoms with van der Waals surface area (Å²) in [6.45, 7) is 1.91. The van der Waals surface area contributed by atoms with Gasteiger partial charge in [-0.25, -0.2) is 9.59 Å². The molecule has 144 valence electrons. The Labute approximate surface area is 169 Å². The SMILES string of the molecule is CCOC(=O)C1(/C=C/c2ccccc2)OC(=O)C=C1c1ccc2ccccc2c1. The lowest BCUT2D eigenvalue weighted by atomic mass is 9.87. The van der Waals surface area contributed by atoms with Crippen molar-refractivity contribution in [1.29, 1.82) is 0 Å². The highest BCUT2D eigenvalue weighted by Gasteiger charge is 2.50. The first kappa shape index (κ1) is 18.7. The van der Waals surface area contributed by atoms with Crippen molar-refractivity contribution in [2.24, 2.45) is 0 Å². The quantitative estimate of drug-likeness (QED) is 0.593. The maximum atomic E-state index is 13.0. The summed E-state index contributed by atoms with van der Waals surface area (Å²) in [6.07, 6.45) is 4.74. The van der Waals surface area contributed by atoms with Crippen LogP contribution >= 0.6 is 0 Å². The largest absolute Gasteiger partial charge is 0.463 e. The molecule has 1 atom stereocenters. The van der Waals surface area contributed by atoms with E-state index in [9.17, 15) is 9.59 Å². The molecule has 0 spiro atoms. The van der Waals surface area contributed by atoms with Gasteiger partial charge < -0.3 is 9.47 Å². The fourth-order valence-electron chi connectivity index (χ4n) is 3.48. The average molecular weight is 384 g/mol. The zero-order valence-electron chi connectivity index (χ0n) is 16.0. The Morgan fingerprint density at radius 2 is 1.72 bits per heavy atom. The maximum Gasteiger partial charge on any atom is 0.359 e. The van der Waals surface area contributed by atoms with Crippen LogP contribution in [0.5, 0.6) is 0 Å².